The molecule has 0 spiro atoms. The minimum atomic E-state index is -0.891. The summed E-state index contributed by atoms with van der Waals surface area (Å²) < 4.78 is 30.1. The number of nitrogens with two attached hydrogens (primary N) is 2. The summed E-state index contributed by atoms with van der Waals surface area (Å²) in [7, 11) is 0. The van der Waals surface area contributed by atoms with Gasteiger partial charge in [-0.3, -0.25) is 19.3 Å². The molecule has 0 unspecified atom stereocenters. The standard InChI is InChI=1S/C20H17F2N5O3S/c21-12-3-1-11(2-4-12)9-25-15(28)10-27(14-7-5-13(22)6-8-14)20(30)18-16(23)17(19(24)29)26-31-18/h1-8H,9-10,23H2,(H2,24,29)(H,25,28). The topological polar surface area (TPSA) is 131 Å². The van der Waals surface area contributed by atoms with Crippen LogP contribution >= 0.6 is 11.5 Å². The van der Waals surface area contributed by atoms with Crippen LogP contribution in [0.3, 0.4) is 0 Å². The van der Waals surface area contributed by atoms with E-state index in [-0.39, 0.29) is 28.5 Å². The first-order chi connectivity index (χ1) is 14.8. The van der Waals surface area contributed by atoms with E-state index >= 15 is 0 Å². The highest BCUT2D eigenvalue weighted by atomic mass is 32.1. The molecule has 0 aliphatic carbocycles. The number of carbonyl (C=O) groups is 3. The van der Waals surface area contributed by atoms with E-state index in [0.717, 1.165) is 17.0 Å². The first kappa shape index (κ1) is 21.8. The molecule has 31 heavy (non-hydrogen) atoms. The van der Waals surface area contributed by atoms with Crippen LogP contribution in [0.4, 0.5) is 20.2 Å². The maximum atomic E-state index is 13.3. The lowest BCUT2D eigenvalue weighted by molar-refractivity contribution is -0.119. The van der Waals surface area contributed by atoms with Crippen LogP contribution in [0.2, 0.25) is 0 Å². The van der Waals surface area contributed by atoms with Gasteiger partial charge in [-0.2, -0.15) is 4.37 Å². The van der Waals surface area contributed by atoms with Crippen LogP contribution in [0.25, 0.3) is 0 Å². The highest BCUT2D eigenvalue weighted by Crippen LogP contribution is 2.26. The molecular formula is C20H17F2N5O3S. The number of nitrogens with one attached hydrogen (secondary N) is 1. The second-order valence-corrected chi connectivity index (χ2v) is 7.18. The molecule has 3 aromatic rings. The number of primary amides is 1. The summed E-state index contributed by atoms with van der Waals surface area (Å²) in [4.78, 5) is 38.0. The predicted molar refractivity (Wildman–Crippen MR) is 111 cm³/mol. The lowest BCUT2D eigenvalue weighted by Crippen LogP contribution is -2.40. The van der Waals surface area contributed by atoms with Gasteiger partial charge >= 0.3 is 0 Å². The SMILES string of the molecule is NC(=O)c1nsc(C(=O)N(CC(=O)NCc2ccc(F)cc2)c2ccc(F)cc2)c1N. The van der Waals surface area contributed by atoms with Gasteiger partial charge in [0.2, 0.25) is 5.91 Å². The Kier molecular flexibility index (Phi) is 6.55. The van der Waals surface area contributed by atoms with Crippen LogP contribution in [0.15, 0.2) is 48.5 Å². The maximum absolute atomic E-state index is 13.3. The molecule has 1 aromatic heterocycles. The van der Waals surface area contributed by atoms with Gasteiger partial charge in [-0.25, -0.2) is 8.78 Å². The van der Waals surface area contributed by atoms with Gasteiger partial charge in [0.15, 0.2) is 5.69 Å². The number of benzene rings is 2. The average molecular weight is 445 g/mol. The Hall–Kier alpha value is -3.86. The zero-order chi connectivity index (χ0) is 22.5. The van der Waals surface area contributed by atoms with Crippen molar-refractivity contribution in [1.29, 1.82) is 0 Å². The summed E-state index contributed by atoms with van der Waals surface area (Å²) in [5.74, 6) is -3.05. The molecule has 0 fully saturated rings. The van der Waals surface area contributed by atoms with Gasteiger partial charge in [0.25, 0.3) is 11.8 Å². The van der Waals surface area contributed by atoms with E-state index < -0.39 is 35.9 Å². The number of aromatic nitrogens is 1. The molecule has 0 atom stereocenters. The fourth-order valence-electron chi connectivity index (χ4n) is 2.66. The van der Waals surface area contributed by atoms with Crippen molar-refractivity contribution >= 4 is 40.6 Å². The smallest absolute Gasteiger partial charge is 0.272 e. The second kappa shape index (κ2) is 9.30. The molecule has 0 aliphatic heterocycles. The van der Waals surface area contributed by atoms with Crippen molar-refractivity contribution in [3.8, 4) is 0 Å². The zero-order valence-corrected chi connectivity index (χ0v) is 16.8. The van der Waals surface area contributed by atoms with Crippen LogP contribution in [-0.4, -0.2) is 28.6 Å². The lowest BCUT2D eigenvalue weighted by atomic mass is 10.2. The zero-order valence-electron chi connectivity index (χ0n) is 16.0. The summed E-state index contributed by atoms with van der Waals surface area (Å²) in [5.41, 5.74) is 11.5. The molecule has 3 rings (SSSR count). The molecule has 8 nitrogen and oxygen atoms in total. The first-order valence-electron chi connectivity index (χ1n) is 8.89. The number of carbonyl (C=O) groups excluding carboxylic acids is 3. The average Bonchev–Trinajstić information content (AvgIpc) is 3.13. The molecule has 0 saturated heterocycles. The van der Waals surface area contributed by atoms with Crippen molar-refractivity contribution < 1.29 is 23.2 Å². The maximum Gasteiger partial charge on any atom is 0.272 e. The Morgan fingerprint density at radius 3 is 2.13 bits per heavy atom. The van der Waals surface area contributed by atoms with Gasteiger partial charge in [0.1, 0.15) is 23.1 Å². The third kappa shape index (κ3) is 5.20. The van der Waals surface area contributed by atoms with Gasteiger partial charge in [0, 0.05) is 12.2 Å². The van der Waals surface area contributed by atoms with Crippen molar-refractivity contribution in [3.05, 3.63) is 76.3 Å². The summed E-state index contributed by atoms with van der Waals surface area (Å²) in [6.45, 7) is -0.312. The Morgan fingerprint density at radius 1 is 1.00 bits per heavy atom. The number of rotatable bonds is 7. The summed E-state index contributed by atoms with van der Waals surface area (Å²) in [5, 5.41) is 2.63. The van der Waals surface area contributed by atoms with E-state index in [0.29, 0.717) is 17.1 Å². The van der Waals surface area contributed by atoms with Crippen LogP contribution in [0, 0.1) is 11.6 Å². The van der Waals surface area contributed by atoms with E-state index in [1.807, 2.05) is 0 Å². The van der Waals surface area contributed by atoms with Crippen molar-refractivity contribution in [3.63, 3.8) is 0 Å². The second-order valence-electron chi connectivity index (χ2n) is 6.41. The fourth-order valence-corrected chi connectivity index (χ4v) is 3.41. The molecule has 0 aliphatic rings. The Bertz CT molecular complexity index is 1120. The lowest BCUT2D eigenvalue weighted by Gasteiger charge is -2.22. The van der Waals surface area contributed by atoms with Crippen LogP contribution in [-0.2, 0) is 11.3 Å². The monoisotopic (exact) mass is 445 g/mol. The Balaban J connectivity index is 1.82. The number of nitrogen functional groups attached to an aromatic ring is 1. The molecule has 5 N–H and O–H groups in total. The molecular weight excluding hydrogens is 428 g/mol. The van der Waals surface area contributed by atoms with Gasteiger partial charge in [0.05, 0.1) is 5.69 Å². The molecule has 11 heteroatoms. The molecule has 0 saturated carbocycles. The van der Waals surface area contributed by atoms with Crippen molar-refractivity contribution in [2.24, 2.45) is 5.73 Å². The largest absolute Gasteiger partial charge is 0.395 e. The van der Waals surface area contributed by atoms with E-state index in [1.54, 1.807) is 0 Å². The summed E-state index contributed by atoms with van der Waals surface area (Å²) in [6, 6.07) is 10.5. The predicted octanol–water partition coefficient (Wildman–Crippen LogP) is 2.07. The van der Waals surface area contributed by atoms with Crippen LogP contribution in [0.1, 0.15) is 25.7 Å². The van der Waals surface area contributed by atoms with E-state index in [4.69, 9.17) is 11.5 Å². The van der Waals surface area contributed by atoms with E-state index in [1.165, 1.54) is 36.4 Å². The minimum absolute atomic E-state index is 0.0792. The van der Waals surface area contributed by atoms with Gasteiger partial charge in [-0.05, 0) is 53.5 Å². The third-order valence-electron chi connectivity index (χ3n) is 4.24. The van der Waals surface area contributed by atoms with E-state index in [2.05, 4.69) is 9.69 Å². The quantitative estimate of drug-likeness (QED) is 0.512. The molecule has 2 aromatic carbocycles. The molecule has 0 radical (unpaired) electrons. The van der Waals surface area contributed by atoms with Crippen LogP contribution in [0.5, 0.6) is 0 Å². The number of anilines is 2. The highest BCUT2D eigenvalue weighted by molar-refractivity contribution is 7.09. The number of halogens is 2. The van der Waals surface area contributed by atoms with Crippen molar-refractivity contribution in [2.75, 3.05) is 17.2 Å². The summed E-state index contributed by atoms with van der Waals surface area (Å²) >= 11 is 0.669. The molecule has 160 valence electrons. The molecule has 0 bridgehead atoms. The van der Waals surface area contributed by atoms with Gasteiger partial charge in [-0.15, -0.1) is 0 Å². The number of amides is 3. The minimum Gasteiger partial charge on any atom is -0.395 e. The van der Waals surface area contributed by atoms with Gasteiger partial charge in [-0.1, -0.05) is 12.1 Å². The first-order valence-corrected chi connectivity index (χ1v) is 9.67. The highest BCUT2D eigenvalue weighted by Gasteiger charge is 2.27. The van der Waals surface area contributed by atoms with Gasteiger partial charge < -0.3 is 16.8 Å². The summed E-state index contributed by atoms with van der Waals surface area (Å²) in [6.07, 6.45) is 0. The molecule has 3 amide bonds. The number of hydrogen-bond donors (Lipinski definition) is 3. The Morgan fingerprint density at radius 2 is 1.58 bits per heavy atom. The van der Waals surface area contributed by atoms with Crippen molar-refractivity contribution in [1.82, 2.24) is 9.69 Å². The normalized spacial score (nSPS) is 10.5. The van der Waals surface area contributed by atoms with Crippen molar-refractivity contribution in [2.45, 2.75) is 6.54 Å². The third-order valence-corrected chi connectivity index (χ3v) is 5.09. The number of nitrogens with zero attached hydrogens (tertiary/aromatic N) is 2. The van der Waals surface area contributed by atoms with Crippen LogP contribution < -0.4 is 21.7 Å². The van der Waals surface area contributed by atoms with E-state index in [9.17, 15) is 23.2 Å². The molecule has 1 heterocycles. The fraction of sp³-hybridized carbons (Fsp3) is 0.100. The Labute approximate surface area is 179 Å². The number of hydrogen-bond acceptors (Lipinski definition) is 6.